The van der Waals surface area contributed by atoms with Gasteiger partial charge in [-0.05, 0) is 36.4 Å². The van der Waals surface area contributed by atoms with Crippen molar-refractivity contribution in [1.82, 2.24) is 19.5 Å². The molecule has 2 aromatic heterocycles. The molecular formula is C31H29N6O6+. The molecular weight excluding hydrogens is 552 g/mol. The molecule has 1 fully saturated rings. The second-order valence-corrected chi connectivity index (χ2v) is 10.5. The zero-order chi connectivity index (χ0) is 30.1. The number of nitrogens with two attached hydrogens (primary N) is 1. The summed E-state index contributed by atoms with van der Waals surface area (Å²) in [6.45, 7) is 2.31. The van der Waals surface area contributed by atoms with Crippen LogP contribution in [-0.2, 0) is 14.4 Å². The van der Waals surface area contributed by atoms with E-state index in [9.17, 15) is 19.2 Å². The van der Waals surface area contributed by atoms with Gasteiger partial charge in [0.25, 0.3) is 17.7 Å². The van der Waals surface area contributed by atoms with Crippen molar-refractivity contribution in [2.45, 2.75) is 31.8 Å². The van der Waals surface area contributed by atoms with Crippen LogP contribution in [0.1, 0.15) is 30.3 Å². The largest absolute Gasteiger partial charge is 0.436 e. The lowest BCUT2D eigenvalue weighted by Gasteiger charge is -2.34. The first-order chi connectivity index (χ1) is 20.8. The number of primary amides is 1. The number of carbonyl (C=O) groups excluding carboxylic acids is 4. The number of nitrogens with one attached hydrogen (secondary N) is 1. The van der Waals surface area contributed by atoms with Crippen LogP contribution in [0.5, 0.6) is 0 Å². The lowest BCUT2D eigenvalue weighted by Crippen LogP contribution is -2.60. The Labute approximate surface area is 246 Å². The summed E-state index contributed by atoms with van der Waals surface area (Å²) in [4.78, 5) is 56.3. The Hall–Kier alpha value is -5.36. The van der Waals surface area contributed by atoms with Gasteiger partial charge in [0.05, 0.1) is 25.9 Å². The van der Waals surface area contributed by atoms with E-state index in [-0.39, 0.29) is 28.6 Å². The molecule has 0 saturated carbocycles. The van der Waals surface area contributed by atoms with Gasteiger partial charge in [-0.1, -0.05) is 17.3 Å². The Morgan fingerprint density at radius 3 is 2.44 bits per heavy atom. The monoisotopic (exact) mass is 581 g/mol. The predicted molar refractivity (Wildman–Crippen MR) is 156 cm³/mol. The number of rotatable bonds is 7. The van der Waals surface area contributed by atoms with Crippen molar-refractivity contribution in [2.75, 3.05) is 18.4 Å². The highest BCUT2D eigenvalue weighted by Crippen LogP contribution is 2.37. The molecule has 1 saturated heterocycles. The number of carbonyl (C=O) groups is 4. The molecule has 12 heteroatoms. The number of amides is 4. The molecule has 0 spiro atoms. The number of benzene rings is 2. The highest BCUT2D eigenvalue weighted by molar-refractivity contribution is 6.02. The Morgan fingerprint density at radius 1 is 1.02 bits per heavy atom. The zero-order valence-corrected chi connectivity index (χ0v) is 23.3. The first-order valence-corrected chi connectivity index (χ1v) is 13.8. The van der Waals surface area contributed by atoms with E-state index < -0.39 is 23.9 Å². The van der Waals surface area contributed by atoms with E-state index in [0.717, 1.165) is 12.0 Å². The third kappa shape index (κ3) is 5.01. The first kappa shape index (κ1) is 27.8. The van der Waals surface area contributed by atoms with Crippen LogP contribution in [0.25, 0.3) is 22.8 Å². The fourth-order valence-electron chi connectivity index (χ4n) is 5.91. The summed E-state index contributed by atoms with van der Waals surface area (Å²) in [5.74, 6) is -0.382. The number of aromatic nitrogens is 2. The minimum absolute atomic E-state index is 0.0665. The fourth-order valence-corrected chi connectivity index (χ4v) is 5.91. The molecule has 43 heavy (non-hydrogen) atoms. The molecule has 2 aliphatic heterocycles. The molecule has 0 radical (unpaired) electrons. The molecule has 0 aliphatic carbocycles. The third-order valence-corrected chi connectivity index (χ3v) is 8.06. The van der Waals surface area contributed by atoms with Gasteiger partial charge in [-0.15, -0.1) is 0 Å². The maximum atomic E-state index is 13.0. The van der Waals surface area contributed by atoms with Crippen LogP contribution in [0, 0.1) is 0 Å². The van der Waals surface area contributed by atoms with E-state index in [0.29, 0.717) is 41.6 Å². The maximum absolute atomic E-state index is 13.0. The third-order valence-electron chi connectivity index (χ3n) is 8.06. The van der Waals surface area contributed by atoms with Crippen LogP contribution in [0.4, 0.5) is 11.4 Å². The van der Waals surface area contributed by atoms with E-state index in [1.54, 1.807) is 42.6 Å². The van der Waals surface area contributed by atoms with Gasteiger partial charge in [0.1, 0.15) is 11.7 Å². The van der Waals surface area contributed by atoms with Gasteiger partial charge >= 0.3 is 5.91 Å². The van der Waals surface area contributed by atoms with Crippen LogP contribution in [0.15, 0.2) is 88.1 Å². The normalized spacial score (nSPS) is 21.2. The van der Waals surface area contributed by atoms with Crippen molar-refractivity contribution in [3.05, 3.63) is 84.9 Å². The van der Waals surface area contributed by atoms with Crippen LogP contribution in [-0.4, -0.2) is 63.8 Å². The van der Waals surface area contributed by atoms with Gasteiger partial charge in [0, 0.05) is 54.4 Å². The summed E-state index contributed by atoms with van der Waals surface area (Å²) in [7, 11) is 0. The van der Waals surface area contributed by atoms with E-state index >= 15 is 0 Å². The van der Waals surface area contributed by atoms with Crippen LogP contribution in [0.3, 0.4) is 0 Å². The Balaban J connectivity index is 1.13. The van der Waals surface area contributed by atoms with Crippen molar-refractivity contribution < 1.29 is 28.1 Å². The van der Waals surface area contributed by atoms with Crippen molar-refractivity contribution >= 4 is 35.0 Å². The zero-order valence-electron chi connectivity index (χ0n) is 23.3. The molecule has 3 N–H and O–H groups in total. The smallest absolute Gasteiger partial charge is 0.316 e. The number of quaternary nitrogens is 1. The average Bonchev–Trinajstić information content (AvgIpc) is 3.83. The molecule has 2 aliphatic rings. The number of hydrogen-bond donors (Lipinski definition) is 2. The molecule has 218 valence electrons. The summed E-state index contributed by atoms with van der Waals surface area (Å²) in [6.07, 6.45) is 7.73. The Bertz CT molecular complexity index is 1710. The van der Waals surface area contributed by atoms with Crippen molar-refractivity contribution in [1.29, 1.82) is 0 Å². The highest BCUT2D eigenvalue weighted by Gasteiger charge is 2.51. The molecule has 4 amide bonds. The maximum Gasteiger partial charge on any atom is 0.316 e. The fraction of sp³-hybridized carbons (Fsp3) is 0.226. The topological polar surface area (TPSA) is 162 Å². The standard InChI is InChI=1S/C31H28N6O6/c1-19(38)37(17-3-5-25(37)28(32)39)23-12-8-20(9-13-23)27-18-33-30(42-27)21-6-10-22(11-7-21)35-29(40)24-4-2-16-36(24)31(41)26-14-15-34-43-26/h2,4,6-15,18,24-25H,3,5,16-17H2,1H3,(H2-,32,33,35,39,40)/p+1/t24-,25-,37?/m0/s1. The van der Waals surface area contributed by atoms with E-state index in [1.165, 1.54) is 24.1 Å². The van der Waals surface area contributed by atoms with Gasteiger partial charge in [-0.2, -0.15) is 0 Å². The number of nitrogens with zero attached hydrogens (tertiary/aromatic N) is 4. The Morgan fingerprint density at radius 2 is 1.77 bits per heavy atom. The number of hydrogen-bond acceptors (Lipinski definition) is 8. The second kappa shape index (κ2) is 11.1. The summed E-state index contributed by atoms with van der Waals surface area (Å²) in [5.41, 5.74) is 8.37. The molecule has 3 atom stereocenters. The molecule has 1 unspecified atom stereocenters. The minimum Gasteiger partial charge on any atom is -0.436 e. The first-order valence-electron chi connectivity index (χ1n) is 13.8. The molecule has 6 rings (SSSR count). The minimum atomic E-state index is -0.780. The lowest BCUT2D eigenvalue weighted by molar-refractivity contribution is -0.134. The van der Waals surface area contributed by atoms with E-state index in [4.69, 9.17) is 14.7 Å². The quantitative estimate of drug-likeness (QED) is 0.248. The van der Waals surface area contributed by atoms with E-state index in [1.807, 2.05) is 24.3 Å². The Kier molecular flexibility index (Phi) is 7.20. The van der Waals surface area contributed by atoms with Crippen LogP contribution >= 0.6 is 0 Å². The lowest BCUT2D eigenvalue weighted by atomic mass is 10.1. The van der Waals surface area contributed by atoms with Gasteiger partial charge < -0.3 is 24.9 Å². The van der Waals surface area contributed by atoms with Gasteiger partial charge in [0.2, 0.25) is 11.7 Å². The molecule has 0 bridgehead atoms. The number of oxazole rings is 1. The van der Waals surface area contributed by atoms with Crippen molar-refractivity contribution in [3.8, 4) is 22.8 Å². The number of anilines is 1. The summed E-state index contributed by atoms with van der Waals surface area (Å²) in [5, 5.41) is 6.39. The summed E-state index contributed by atoms with van der Waals surface area (Å²) >= 11 is 0. The van der Waals surface area contributed by atoms with Gasteiger partial charge in [-0.25, -0.2) is 14.3 Å². The SMILES string of the molecule is CC(=O)[N+]1(c2ccc(-c3cnc(-c4ccc(NC(=O)[C@@H]5C=CCN5C(=O)c5ccno5)cc4)o3)cc2)CCC[C@H]1C(N)=O. The molecule has 12 nitrogen and oxygen atoms in total. The summed E-state index contributed by atoms with van der Waals surface area (Å²) < 4.78 is 10.9. The second-order valence-electron chi connectivity index (χ2n) is 10.5. The summed E-state index contributed by atoms with van der Waals surface area (Å²) in [6, 6.07) is 14.4. The average molecular weight is 582 g/mol. The van der Waals surface area contributed by atoms with Crippen molar-refractivity contribution in [2.24, 2.45) is 5.73 Å². The van der Waals surface area contributed by atoms with Crippen LogP contribution < -0.4 is 15.5 Å². The predicted octanol–water partition coefficient (Wildman–Crippen LogP) is 3.52. The van der Waals surface area contributed by atoms with Gasteiger partial charge in [-0.3, -0.25) is 14.4 Å². The van der Waals surface area contributed by atoms with Gasteiger partial charge in [0.15, 0.2) is 11.8 Å². The molecule has 2 aromatic carbocycles. The molecule has 4 heterocycles. The van der Waals surface area contributed by atoms with Crippen LogP contribution in [0.2, 0.25) is 0 Å². The number of likely N-dealkylation sites (tertiary alicyclic amines) is 1. The molecule has 4 aromatic rings. The highest BCUT2D eigenvalue weighted by atomic mass is 16.5. The van der Waals surface area contributed by atoms with E-state index in [2.05, 4.69) is 15.5 Å². The van der Waals surface area contributed by atoms with Crippen molar-refractivity contribution in [3.63, 3.8) is 0 Å².